The van der Waals surface area contributed by atoms with Gasteiger partial charge in [0.15, 0.2) is 0 Å². The molecular formula is C17H25NO8. The maximum Gasteiger partial charge on any atom is 0.341 e. The lowest BCUT2D eigenvalue weighted by molar-refractivity contribution is -0.310. The van der Waals surface area contributed by atoms with Crippen molar-refractivity contribution in [3.05, 3.63) is 29.8 Å². The Morgan fingerprint density at radius 2 is 2.00 bits per heavy atom. The number of β-amino-alcohol motifs (C(OH)–C–C–N with tert-alkyl or cyclic N) is 1. The number of esters is 1. The second-order valence-electron chi connectivity index (χ2n) is 6.05. The molecule has 1 aromatic carbocycles. The molecule has 1 saturated heterocycles. The van der Waals surface area contributed by atoms with E-state index in [4.69, 9.17) is 9.47 Å². The quantitative estimate of drug-likeness (QED) is 0.281. The zero-order valence-electron chi connectivity index (χ0n) is 14.5. The van der Waals surface area contributed by atoms with Crippen molar-refractivity contribution in [2.75, 3.05) is 32.9 Å². The summed E-state index contributed by atoms with van der Waals surface area (Å²) >= 11 is 0. The van der Waals surface area contributed by atoms with Gasteiger partial charge in [-0.3, -0.25) is 4.90 Å². The van der Waals surface area contributed by atoms with Crippen LogP contribution in [0.25, 0.3) is 0 Å². The predicted octanol–water partition coefficient (Wildman–Crippen LogP) is -1.68. The number of aliphatic hydroxyl groups excluding tert-OH is 3. The molecule has 0 radical (unpaired) electrons. The number of para-hydroxylation sites is 1. The Hall–Kier alpha value is -1.75. The highest BCUT2D eigenvalue weighted by Gasteiger charge is 2.51. The number of hydrogen-bond acceptors (Lipinski definition) is 9. The number of carbonyl (C=O) groups excluding carboxylic acids is 1. The Bertz CT molecular complexity index is 608. The molecule has 146 valence electrons. The molecule has 0 amide bonds. The molecular weight excluding hydrogens is 346 g/mol. The van der Waals surface area contributed by atoms with Crippen LogP contribution in [0, 0.1) is 0 Å². The fourth-order valence-corrected chi connectivity index (χ4v) is 2.89. The van der Waals surface area contributed by atoms with Gasteiger partial charge in [-0.1, -0.05) is 12.1 Å². The molecule has 0 bridgehead atoms. The fourth-order valence-electron chi connectivity index (χ4n) is 2.89. The van der Waals surface area contributed by atoms with Crippen LogP contribution in [-0.4, -0.2) is 93.3 Å². The summed E-state index contributed by atoms with van der Waals surface area (Å²) < 4.78 is 10.6. The summed E-state index contributed by atoms with van der Waals surface area (Å²) in [5.74, 6) is -2.88. The lowest BCUT2D eigenvalue weighted by atomic mass is 9.91. The van der Waals surface area contributed by atoms with Gasteiger partial charge in [0.25, 0.3) is 0 Å². The third kappa shape index (κ3) is 4.32. The lowest BCUT2D eigenvalue weighted by Crippen LogP contribution is -2.69. The van der Waals surface area contributed by atoms with E-state index in [1.54, 1.807) is 31.2 Å². The van der Waals surface area contributed by atoms with E-state index in [0.29, 0.717) is 5.75 Å². The second kappa shape index (κ2) is 8.76. The van der Waals surface area contributed by atoms with Crippen molar-refractivity contribution < 1.29 is 39.8 Å². The lowest BCUT2D eigenvalue weighted by Gasteiger charge is -2.47. The van der Waals surface area contributed by atoms with Crippen molar-refractivity contribution in [1.29, 1.82) is 0 Å². The Morgan fingerprint density at radius 3 is 2.65 bits per heavy atom. The standard InChI is InChI=1S/C17H25NO8/c1-2-25-16(22)11-5-3-4-6-13(11)26-8-7-18-9-14(20)17(23,24)15(21)12(18)10-19/h3-6,12,14-15,19-21,23-24H,2,7-10H2,1H3/t12-,14+,15-/m1/s1. The average molecular weight is 371 g/mol. The third-order valence-electron chi connectivity index (χ3n) is 4.37. The molecule has 1 heterocycles. The van der Waals surface area contributed by atoms with Gasteiger partial charge in [0.2, 0.25) is 5.79 Å². The van der Waals surface area contributed by atoms with Gasteiger partial charge in [-0.2, -0.15) is 0 Å². The van der Waals surface area contributed by atoms with Gasteiger partial charge in [0, 0.05) is 13.1 Å². The van der Waals surface area contributed by atoms with Crippen LogP contribution in [0.3, 0.4) is 0 Å². The minimum atomic E-state index is -2.69. The Balaban J connectivity index is 2.00. The van der Waals surface area contributed by atoms with E-state index in [0.717, 1.165) is 0 Å². The van der Waals surface area contributed by atoms with Crippen LogP contribution in [0.4, 0.5) is 0 Å². The number of ether oxygens (including phenoxy) is 2. The van der Waals surface area contributed by atoms with Crippen LogP contribution in [-0.2, 0) is 4.74 Å². The zero-order chi connectivity index (χ0) is 19.3. The van der Waals surface area contributed by atoms with E-state index < -0.39 is 36.6 Å². The molecule has 0 aliphatic carbocycles. The van der Waals surface area contributed by atoms with E-state index in [9.17, 15) is 30.3 Å². The van der Waals surface area contributed by atoms with Gasteiger partial charge >= 0.3 is 5.97 Å². The number of benzene rings is 1. The zero-order valence-corrected chi connectivity index (χ0v) is 14.5. The summed E-state index contributed by atoms with van der Waals surface area (Å²) in [6.45, 7) is 1.49. The van der Waals surface area contributed by atoms with Gasteiger partial charge in [-0.05, 0) is 19.1 Å². The third-order valence-corrected chi connectivity index (χ3v) is 4.37. The number of carbonyl (C=O) groups is 1. The minimum absolute atomic E-state index is 0.0796. The number of nitrogens with zero attached hydrogens (tertiary/aromatic N) is 1. The number of likely N-dealkylation sites (tertiary alicyclic amines) is 1. The van der Waals surface area contributed by atoms with Gasteiger partial charge in [0.1, 0.15) is 30.1 Å². The van der Waals surface area contributed by atoms with Crippen molar-refractivity contribution in [2.24, 2.45) is 0 Å². The van der Waals surface area contributed by atoms with Gasteiger partial charge in [-0.25, -0.2) is 4.79 Å². The first-order valence-corrected chi connectivity index (χ1v) is 8.37. The summed E-state index contributed by atoms with van der Waals surface area (Å²) in [5.41, 5.74) is 0.275. The van der Waals surface area contributed by atoms with Crippen LogP contribution < -0.4 is 4.74 Å². The summed E-state index contributed by atoms with van der Waals surface area (Å²) in [7, 11) is 0. The van der Waals surface area contributed by atoms with Crippen LogP contribution in [0.15, 0.2) is 24.3 Å². The largest absolute Gasteiger partial charge is 0.491 e. The molecule has 9 nitrogen and oxygen atoms in total. The summed E-state index contributed by atoms with van der Waals surface area (Å²) in [5, 5.41) is 48.6. The van der Waals surface area contributed by atoms with Gasteiger partial charge in [-0.15, -0.1) is 0 Å². The summed E-state index contributed by atoms with van der Waals surface area (Å²) in [6.07, 6.45) is -3.35. The summed E-state index contributed by atoms with van der Waals surface area (Å²) in [6, 6.07) is 5.60. The molecule has 26 heavy (non-hydrogen) atoms. The van der Waals surface area contributed by atoms with Crippen LogP contribution in [0.1, 0.15) is 17.3 Å². The van der Waals surface area contributed by atoms with Gasteiger partial charge in [0.05, 0.1) is 19.3 Å². The number of piperidine rings is 1. The second-order valence-corrected chi connectivity index (χ2v) is 6.05. The smallest absolute Gasteiger partial charge is 0.341 e. The first-order chi connectivity index (χ1) is 12.3. The predicted molar refractivity (Wildman–Crippen MR) is 89.5 cm³/mol. The topological polar surface area (TPSA) is 140 Å². The molecule has 2 rings (SSSR count). The highest BCUT2D eigenvalue weighted by Crippen LogP contribution is 2.26. The van der Waals surface area contributed by atoms with Crippen molar-refractivity contribution in [2.45, 2.75) is 31.0 Å². The molecule has 0 saturated carbocycles. The number of aliphatic hydroxyl groups is 5. The van der Waals surface area contributed by atoms with Gasteiger partial charge < -0.3 is 35.0 Å². The molecule has 0 aromatic heterocycles. The Kier molecular flexibility index (Phi) is 6.93. The minimum Gasteiger partial charge on any atom is -0.491 e. The van der Waals surface area contributed by atoms with Crippen LogP contribution in [0.2, 0.25) is 0 Å². The molecule has 1 fully saturated rings. The van der Waals surface area contributed by atoms with Crippen molar-refractivity contribution in [1.82, 2.24) is 4.90 Å². The van der Waals surface area contributed by atoms with E-state index >= 15 is 0 Å². The molecule has 3 atom stereocenters. The molecule has 5 N–H and O–H groups in total. The number of hydrogen-bond donors (Lipinski definition) is 5. The highest BCUT2D eigenvalue weighted by atomic mass is 16.5. The van der Waals surface area contributed by atoms with Crippen molar-refractivity contribution in [3.63, 3.8) is 0 Å². The SMILES string of the molecule is CCOC(=O)c1ccccc1OCCN1C[C@H](O)C(O)(O)[C@H](O)[C@H]1CO. The molecule has 9 heteroatoms. The van der Waals surface area contributed by atoms with E-state index in [-0.39, 0.29) is 31.9 Å². The molecule has 1 aliphatic heterocycles. The Labute approximate surface area is 151 Å². The summed E-state index contributed by atoms with van der Waals surface area (Å²) in [4.78, 5) is 13.4. The van der Waals surface area contributed by atoms with E-state index in [1.165, 1.54) is 4.90 Å². The Morgan fingerprint density at radius 1 is 1.31 bits per heavy atom. The van der Waals surface area contributed by atoms with Crippen molar-refractivity contribution >= 4 is 5.97 Å². The normalized spacial score (nSPS) is 25.7. The molecule has 0 unspecified atom stereocenters. The average Bonchev–Trinajstić information content (AvgIpc) is 2.61. The molecule has 1 aromatic rings. The van der Waals surface area contributed by atoms with E-state index in [2.05, 4.69) is 0 Å². The van der Waals surface area contributed by atoms with Crippen molar-refractivity contribution in [3.8, 4) is 5.75 Å². The maximum atomic E-state index is 11.9. The van der Waals surface area contributed by atoms with Crippen LogP contribution >= 0.6 is 0 Å². The number of rotatable bonds is 7. The first kappa shape index (κ1) is 20.6. The monoisotopic (exact) mass is 371 g/mol. The molecule has 0 spiro atoms. The fraction of sp³-hybridized carbons (Fsp3) is 0.588. The van der Waals surface area contributed by atoms with E-state index in [1.807, 2.05) is 0 Å². The highest BCUT2D eigenvalue weighted by molar-refractivity contribution is 5.92. The maximum absolute atomic E-state index is 11.9. The van der Waals surface area contributed by atoms with Crippen LogP contribution in [0.5, 0.6) is 5.75 Å². The first-order valence-electron chi connectivity index (χ1n) is 8.37. The molecule has 1 aliphatic rings.